The molecule has 1 aromatic carbocycles. The van der Waals surface area contributed by atoms with Crippen molar-refractivity contribution in [2.75, 3.05) is 18.9 Å². The van der Waals surface area contributed by atoms with Crippen LogP contribution in [0, 0.1) is 12.7 Å². The van der Waals surface area contributed by atoms with Crippen molar-refractivity contribution in [2.24, 2.45) is 0 Å². The Morgan fingerprint density at radius 1 is 1.58 bits per heavy atom. The lowest BCUT2D eigenvalue weighted by Crippen LogP contribution is -2.28. The minimum atomic E-state index is -0.510. The van der Waals surface area contributed by atoms with Gasteiger partial charge in [0.05, 0.1) is 11.7 Å². The lowest BCUT2D eigenvalue weighted by Gasteiger charge is -2.11. The number of nitrogen functional groups attached to an aromatic ring is 1. The first-order chi connectivity index (χ1) is 9.08. The molecule has 1 aromatic rings. The second-order valence-electron chi connectivity index (χ2n) is 4.88. The molecule has 0 spiro atoms. The molecule has 3 N–H and O–H groups in total. The predicted molar refractivity (Wildman–Crippen MR) is 71.5 cm³/mol. The Bertz CT molecular complexity index is 471. The van der Waals surface area contributed by atoms with Crippen molar-refractivity contribution in [3.05, 3.63) is 29.1 Å². The number of hydrogen-bond donors (Lipinski definition) is 2. The van der Waals surface area contributed by atoms with Crippen LogP contribution in [0.3, 0.4) is 0 Å². The lowest BCUT2D eigenvalue weighted by molar-refractivity contribution is 0.0904. The normalized spacial score (nSPS) is 18.5. The highest BCUT2D eigenvalue weighted by molar-refractivity contribution is 5.95. The topological polar surface area (TPSA) is 64.4 Å². The number of anilines is 1. The van der Waals surface area contributed by atoms with Crippen LogP contribution in [0.15, 0.2) is 12.1 Å². The molecule has 1 amide bonds. The summed E-state index contributed by atoms with van der Waals surface area (Å²) < 4.78 is 19.3. The fourth-order valence-corrected chi connectivity index (χ4v) is 2.28. The standard InChI is InChI=1S/C14H19FN2O2/c1-9-7-10(16)8-12(13(9)15)14(18)17-5-4-11-3-2-6-19-11/h7-8,11H,2-6,16H2,1H3,(H,17,18). The third kappa shape index (κ3) is 3.44. The Hall–Kier alpha value is -1.62. The second kappa shape index (κ2) is 6.02. The van der Waals surface area contributed by atoms with E-state index < -0.39 is 11.7 Å². The van der Waals surface area contributed by atoms with E-state index in [0.717, 1.165) is 25.9 Å². The molecule has 5 heteroatoms. The summed E-state index contributed by atoms with van der Waals surface area (Å²) >= 11 is 0. The molecule has 1 aliphatic rings. The molecule has 104 valence electrons. The number of benzene rings is 1. The van der Waals surface area contributed by atoms with Gasteiger partial charge in [0.25, 0.3) is 5.91 Å². The van der Waals surface area contributed by atoms with Gasteiger partial charge in [-0.15, -0.1) is 0 Å². The second-order valence-corrected chi connectivity index (χ2v) is 4.88. The number of rotatable bonds is 4. The fourth-order valence-electron chi connectivity index (χ4n) is 2.28. The van der Waals surface area contributed by atoms with Crippen molar-refractivity contribution >= 4 is 11.6 Å². The zero-order chi connectivity index (χ0) is 13.8. The van der Waals surface area contributed by atoms with Crippen molar-refractivity contribution in [3.8, 4) is 0 Å². The molecular formula is C14H19FN2O2. The van der Waals surface area contributed by atoms with Crippen LogP contribution >= 0.6 is 0 Å². The maximum Gasteiger partial charge on any atom is 0.254 e. The summed E-state index contributed by atoms with van der Waals surface area (Å²) in [5.41, 5.74) is 6.40. The van der Waals surface area contributed by atoms with Crippen LogP contribution in [0.4, 0.5) is 10.1 Å². The molecule has 0 saturated carbocycles. The van der Waals surface area contributed by atoms with Gasteiger partial charge in [-0.25, -0.2) is 4.39 Å². The summed E-state index contributed by atoms with van der Waals surface area (Å²) in [5, 5.41) is 2.71. The molecule has 0 bridgehead atoms. The summed E-state index contributed by atoms with van der Waals surface area (Å²) in [7, 11) is 0. The van der Waals surface area contributed by atoms with Gasteiger partial charge in [0.2, 0.25) is 0 Å². The molecule has 1 saturated heterocycles. The van der Waals surface area contributed by atoms with Gasteiger partial charge >= 0.3 is 0 Å². The molecule has 4 nitrogen and oxygen atoms in total. The average molecular weight is 266 g/mol. The molecule has 0 radical (unpaired) electrons. The SMILES string of the molecule is Cc1cc(N)cc(C(=O)NCCC2CCCO2)c1F. The van der Waals surface area contributed by atoms with E-state index in [-0.39, 0.29) is 11.7 Å². The molecule has 1 fully saturated rings. The molecule has 19 heavy (non-hydrogen) atoms. The summed E-state index contributed by atoms with van der Waals surface area (Å²) in [6.07, 6.45) is 3.07. The number of carbonyl (C=O) groups is 1. The van der Waals surface area contributed by atoms with E-state index in [0.29, 0.717) is 17.8 Å². The number of amides is 1. The van der Waals surface area contributed by atoms with E-state index >= 15 is 0 Å². The van der Waals surface area contributed by atoms with Gasteiger partial charge in [-0.2, -0.15) is 0 Å². The number of hydrogen-bond acceptors (Lipinski definition) is 3. The van der Waals surface area contributed by atoms with Gasteiger partial charge in [0.15, 0.2) is 0 Å². The van der Waals surface area contributed by atoms with E-state index in [9.17, 15) is 9.18 Å². The number of nitrogens with two attached hydrogens (primary N) is 1. The summed E-state index contributed by atoms with van der Waals surface area (Å²) in [6.45, 7) is 2.87. The highest BCUT2D eigenvalue weighted by Crippen LogP contribution is 2.17. The van der Waals surface area contributed by atoms with E-state index in [1.165, 1.54) is 12.1 Å². The van der Waals surface area contributed by atoms with Crippen molar-refractivity contribution < 1.29 is 13.9 Å². The molecule has 0 aromatic heterocycles. The first-order valence-electron chi connectivity index (χ1n) is 6.53. The largest absolute Gasteiger partial charge is 0.399 e. The van der Waals surface area contributed by atoms with Crippen LogP contribution in [0.25, 0.3) is 0 Å². The predicted octanol–water partition coefficient (Wildman–Crippen LogP) is 2.02. The summed E-state index contributed by atoms with van der Waals surface area (Å²) in [4.78, 5) is 11.9. The van der Waals surface area contributed by atoms with Crippen molar-refractivity contribution in [1.29, 1.82) is 0 Å². The van der Waals surface area contributed by atoms with Crippen LogP contribution in [0.1, 0.15) is 35.2 Å². The Morgan fingerprint density at radius 2 is 2.37 bits per heavy atom. The number of carbonyl (C=O) groups excluding carboxylic acids is 1. The number of halogens is 1. The molecule has 0 aliphatic carbocycles. The molecule has 1 aliphatic heterocycles. The molecule has 2 rings (SSSR count). The van der Waals surface area contributed by atoms with Crippen molar-refractivity contribution in [1.82, 2.24) is 5.32 Å². The lowest BCUT2D eigenvalue weighted by atomic mass is 10.1. The summed E-state index contributed by atoms with van der Waals surface area (Å²) in [5.74, 6) is -0.935. The number of aryl methyl sites for hydroxylation is 1. The Balaban J connectivity index is 1.92. The van der Waals surface area contributed by atoms with E-state index in [1.807, 2.05) is 0 Å². The van der Waals surface area contributed by atoms with E-state index in [4.69, 9.17) is 10.5 Å². The van der Waals surface area contributed by atoms with E-state index in [1.54, 1.807) is 6.92 Å². The van der Waals surface area contributed by atoms with E-state index in [2.05, 4.69) is 5.32 Å². The van der Waals surface area contributed by atoms with Crippen molar-refractivity contribution in [2.45, 2.75) is 32.3 Å². The fraction of sp³-hybridized carbons (Fsp3) is 0.500. The first kappa shape index (κ1) is 13.8. The summed E-state index contributed by atoms with van der Waals surface area (Å²) in [6, 6.07) is 2.88. The molecule has 1 unspecified atom stereocenters. The highest BCUT2D eigenvalue weighted by atomic mass is 19.1. The quantitative estimate of drug-likeness (QED) is 0.819. The van der Waals surface area contributed by atoms with Crippen LogP contribution in [0.2, 0.25) is 0 Å². The maximum absolute atomic E-state index is 13.8. The monoisotopic (exact) mass is 266 g/mol. The smallest absolute Gasteiger partial charge is 0.254 e. The third-order valence-corrected chi connectivity index (χ3v) is 3.30. The highest BCUT2D eigenvalue weighted by Gasteiger charge is 2.17. The minimum Gasteiger partial charge on any atom is -0.399 e. The number of ether oxygens (including phenoxy) is 1. The van der Waals surface area contributed by atoms with Gasteiger partial charge in [-0.1, -0.05) is 0 Å². The van der Waals surface area contributed by atoms with Crippen LogP contribution in [-0.4, -0.2) is 25.2 Å². The Kier molecular flexibility index (Phi) is 4.37. The van der Waals surface area contributed by atoms with Crippen LogP contribution in [-0.2, 0) is 4.74 Å². The zero-order valence-corrected chi connectivity index (χ0v) is 11.0. The van der Waals surface area contributed by atoms with Crippen LogP contribution in [0.5, 0.6) is 0 Å². The minimum absolute atomic E-state index is 0.00448. The average Bonchev–Trinajstić information content (AvgIpc) is 2.86. The Morgan fingerprint density at radius 3 is 3.05 bits per heavy atom. The van der Waals surface area contributed by atoms with Gasteiger partial charge in [0, 0.05) is 18.8 Å². The van der Waals surface area contributed by atoms with Gasteiger partial charge in [-0.05, 0) is 43.9 Å². The van der Waals surface area contributed by atoms with Crippen molar-refractivity contribution in [3.63, 3.8) is 0 Å². The zero-order valence-electron chi connectivity index (χ0n) is 11.0. The first-order valence-corrected chi connectivity index (χ1v) is 6.53. The number of nitrogens with one attached hydrogen (secondary N) is 1. The van der Waals surface area contributed by atoms with Crippen LogP contribution < -0.4 is 11.1 Å². The maximum atomic E-state index is 13.8. The molecule has 1 heterocycles. The third-order valence-electron chi connectivity index (χ3n) is 3.30. The molecular weight excluding hydrogens is 247 g/mol. The molecule has 1 atom stereocenters. The van der Waals surface area contributed by atoms with Gasteiger partial charge in [0.1, 0.15) is 5.82 Å². The van der Waals surface area contributed by atoms with Gasteiger partial charge in [-0.3, -0.25) is 4.79 Å². The Labute approximate surface area is 112 Å². The van der Waals surface area contributed by atoms with Gasteiger partial charge < -0.3 is 15.8 Å².